The second-order valence-corrected chi connectivity index (χ2v) is 5.49. The Morgan fingerprint density at radius 1 is 1.26 bits per heavy atom. The van der Waals surface area contributed by atoms with Gasteiger partial charge in [0.25, 0.3) is 0 Å². The van der Waals surface area contributed by atoms with Gasteiger partial charge in [0.2, 0.25) is 6.79 Å². The highest BCUT2D eigenvalue weighted by Gasteiger charge is 2.18. The largest absolute Gasteiger partial charge is 0.454 e. The molecular weight excluding hydrogens is 316 g/mol. The molecule has 23 heavy (non-hydrogen) atoms. The fourth-order valence-corrected chi connectivity index (χ4v) is 2.64. The quantitative estimate of drug-likeness (QED) is 0.650. The smallest absolute Gasteiger partial charge is 0.231 e. The maximum Gasteiger partial charge on any atom is 0.231 e. The fourth-order valence-electron chi connectivity index (χ4n) is 2.35. The summed E-state index contributed by atoms with van der Waals surface area (Å²) in [5, 5.41) is 7.10. The highest BCUT2D eigenvalue weighted by molar-refractivity contribution is 6.32. The molecule has 0 saturated heterocycles. The van der Waals surface area contributed by atoms with Crippen LogP contribution in [-0.2, 0) is 13.1 Å². The monoisotopic (exact) mass is 334 g/mol. The van der Waals surface area contributed by atoms with Crippen LogP contribution in [0.1, 0.15) is 5.56 Å². The van der Waals surface area contributed by atoms with Crippen LogP contribution in [0.25, 0.3) is 0 Å². The van der Waals surface area contributed by atoms with E-state index in [0.29, 0.717) is 23.1 Å². The van der Waals surface area contributed by atoms with Crippen molar-refractivity contribution < 1.29 is 9.47 Å². The van der Waals surface area contributed by atoms with Crippen LogP contribution in [-0.4, -0.2) is 30.9 Å². The van der Waals surface area contributed by atoms with E-state index in [2.05, 4.69) is 20.2 Å². The van der Waals surface area contributed by atoms with Crippen LogP contribution in [0.4, 0.5) is 0 Å². The van der Waals surface area contributed by atoms with E-state index in [1.165, 1.54) is 0 Å². The van der Waals surface area contributed by atoms with E-state index in [1.807, 2.05) is 36.7 Å². The SMILES string of the molecule is CN=C(NCCn1cccc1)NCc1cc(Cl)c2c(c1)OCO2. The summed E-state index contributed by atoms with van der Waals surface area (Å²) in [6.07, 6.45) is 4.07. The number of nitrogens with one attached hydrogen (secondary N) is 2. The number of hydrogen-bond acceptors (Lipinski definition) is 3. The van der Waals surface area contributed by atoms with Crippen molar-refractivity contribution in [3.63, 3.8) is 0 Å². The van der Waals surface area contributed by atoms with Crippen LogP contribution >= 0.6 is 11.6 Å². The minimum atomic E-state index is 0.217. The van der Waals surface area contributed by atoms with Crippen LogP contribution in [0.5, 0.6) is 11.5 Å². The summed E-state index contributed by atoms with van der Waals surface area (Å²) in [4.78, 5) is 4.21. The molecule has 0 spiro atoms. The van der Waals surface area contributed by atoms with Gasteiger partial charge in [0, 0.05) is 39.1 Å². The Morgan fingerprint density at radius 3 is 2.87 bits per heavy atom. The van der Waals surface area contributed by atoms with Crippen molar-refractivity contribution in [3.8, 4) is 11.5 Å². The first-order valence-electron chi connectivity index (χ1n) is 7.39. The number of ether oxygens (including phenoxy) is 2. The third-order valence-electron chi connectivity index (χ3n) is 3.50. The number of rotatable bonds is 5. The number of guanidine groups is 1. The van der Waals surface area contributed by atoms with E-state index in [1.54, 1.807) is 7.05 Å². The first kappa shape index (κ1) is 15.6. The maximum atomic E-state index is 6.18. The molecule has 0 radical (unpaired) electrons. The Balaban J connectivity index is 1.51. The van der Waals surface area contributed by atoms with Gasteiger partial charge in [-0.25, -0.2) is 0 Å². The van der Waals surface area contributed by atoms with Gasteiger partial charge < -0.3 is 24.7 Å². The van der Waals surface area contributed by atoms with Gasteiger partial charge in [0.1, 0.15) is 0 Å². The van der Waals surface area contributed by atoms with E-state index in [0.717, 1.165) is 24.6 Å². The summed E-state index contributed by atoms with van der Waals surface area (Å²) in [5.41, 5.74) is 1.01. The fraction of sp³-hybridized carbons (Fsp3) is 0.312. The number of hydrogen-bond donors (Lipinski definition) is 2. The molecule has 0 saturated carbocycles. The molecule has 0 aliphatic carbocycles. The highest BCUT2D eigenvalue weighted by Crippen LogP contribution is 2.39. The molecule has 122 valence electrons. The van der Waals surface area contributed by atoms with Gasteiger partial charge in [-0.15, -0.1) is 0 Å². The Labute approximate surface area is 140 Å². The molecule has 3 rings (SSSR count). The number of halogens is 1. The molecule has 2 heterocycles. The molecule has 0 fully saturated rings. The van der Waals surface area contributed by atoms with Crippen LogP contribution in [0, 0.1) is 0 Å². The zero-order valence-corrected chi connectivity index (χ0v) is 13.6. The summed E-state index contributed by atoms with van der Waals surface area (Å²) in [6.45, 7) is 2.48. The Hall–Kier alpha value is -2.34. The predicted octanol–water partition coefficient (Wildman–Crippen LogP) is 2.24. The standard InChI is InChI=1S/C16H19ClN4O2/c1-18-16(19-4-7-21-5-2-3-6-21)20-10-12-8-13(17)15-14(9-12)22-11-23-15/h2-3,5-6,8-9H,4,7,10-11H2,1H3,(H2,18,19,20). The van der Waals surface area contributed by atoms with Gasteiger partial charge in [0.15, 0.2) is 17.5 Å². The molecule has 0 unspecified atom stereocenters. The van der Waals surface area contributed by atoms with Crippen LogP contribution in [0.2, 0.25) is 5.02 Å². The third-order valence-corrected chi connectivity index (χ3v) is 3.78. The van der Waals surface area contributed by atoms with E-state index in [4.69, 9.17) is 21.1 Å². The predicted molar refractivity (Wildman–Crippen MR) is 90.2 cm³/mol. The maximum absolute atomic E-state index is 6.18. The second-order valence-electron chi connectivity index (χ2n) is 5.08. The Kier molecular flexibility index (Phi) is 4.92. The molecule has 2 N–H and O–H groups in total. The van der Waals surface area contributed by atoms with E-state index >= 15 is 0 Å². The lowest BCUT2D eigenvalue weighted by Crippen LogP contribution is -2.38. The third kappa shape index (κ3) is 3.90. The molecule has 2 aromatic rings. The van der Waals surface area contributed by atoms with Crippen molar-refractivity contribution in [2.24, 2.45) is 4.99 Å². The van der Waals surface area contributed by atoms with Crippen molar-refractivity contribution in [1.29, 1.82) is 0 Å². The van der Waals surface area contributed by atoms with E-state index in [9.17, 15) is 0 Å². The topological polar surface area (TPSA) is 59.8 Å². The van der Waals surface area contributed by atoms with Crippen molar-refractivity contribution in [2.75, 3.05) is 20.4 Å². The molecule has 0 atom stereocenters. The lowest BCUT2D eigenvalue weighted by atomic mass is 10.2. The minimum Gasteiger partial charge on any atom is -0.454 e. The summed E-state index contributed by atoms with van der Waals surface area (Å²) < 4.78 is 12.8. The van der Waals surface area contributed by atoms with Crippen molar-refractivity contribution in [3.05, 3.63) is 47.2 Å². The molecule has 7 heteroatoms. The molecule has 1 aromatic heterocycles. The zero-order valence-electron chi connectivity index (χ0n) is 12.9. The molecule has 0 amide bonds. The van der Waals surface area contributed by atoms with Crippen molar-refractivity contribution in [2.45, 2.75) is 13.1 Å². The molecular formula is C16H19ClN4O2. The van der Waals surface area contributed by atoms with Crippen LogP contribution < -0.4 is 20.1 Å². The number of aromatic nitrogens is 1. The molecule has 1 aliphatic rings. The van der Waals surface area contributed by atoms with Crippen molar-refractivity contribution in [1.82, 2.24) is 15.2 Å². The lowest BCUT2D eigenvalue weighted by Gasteiger charge is -2.13. The van der Waals surface area contributed by atoms with Gasteiger partial charge in [0.05, 0.1) is 5.02 Å². The minimum absolute atomic E-state index is 0.217. The number of nitrogens with zero attached hydrogens (tertiary/aromatic N) is 2. The zero-order chi connectivity index (χ0) is 16.1. The lowest BCUT2D eigenvalue weighted by molar-refractivity contribution is 0.174. The number of aliphatic imine (C=N–C) groups is 1. The number of fused-ring (bicyclic) bond motifs is 1. The van der Waals surface area contributed by atoms with Gasteiger partial charge in [-0.1, -0.05) is 11.6 Å². The summed E-state index contributed by atoms with van der Waals surface area (Å²) in [7, 11) is 1.75. The highest BCUT2D eigenvalue weighted by atomic mass is 35.5. The van der Waals surface area contributed by atoms with Gasteiger partial charge >= 0.3 is 0 Å². The van der Waals surface area contributed by atoms with Crippen LogP contribution in [0.15, 0.2) is 41.7 Å². The summed E-state index contributed by atoms with van der Waals surface area (Å²) in [5.74, 6) is 2.04. The Bertz CT molecular complexity index is 686. The normalized spacial score (nSPS) is 13.2. The van der Waals surface area contributed by atoms with E-state index in [-0.39, 0.29) is 6.79 Å². The molecule has 6 nitrogen and oxygen atoms in total. The van der Waals surface area contributed by atoms with E-state index < -0.39 is 0 Å². The number of benzene rings is 1. The molecule has 0 bridgehead atoms. The molecule has 1 aromatic carbocycles. The average Bonchev–Trinajstić information content (AvgIpc) is 3.22. The first-order chi connectivity index (χ1) is 11.3. The second kappa shape index (κ2) is 7.28. The first-order valence-corrected chi connectivity index (χ1v) is 7.77. The summed E-state index contributed by atoms with van der Waals surface area (Å²) in [6, 6.07) is 7.82. The van der Waals surface area contributed by atoms with Gasteiger partial charge in [-0.3, -0.25) is 4.99 Å². The molecule has 1 aliphatic heterocycles. The average molecular weight is 335 g/mol. The van der Waals surface area contributed by atoms with Crippen molar-refractivity contribution >= 4 is 17.6 Å². The van der Waals surface area contributed by atoms with Crippen LogP contribution in [0.3, 0.4) is 0 Å². The Morgan fingerprint density at radius 2 is 2.09 bits per heavy atom. The van der Waals surface area contributed by atoms with Gasteiger partial charge in [-0.05, 0) is 29.8 Å². The summed E-state index contributed by atoms with van der Waals surface area (Å²) >= 11 is 6.18. The van der Waals surface area contributed by atoms with Gasteiger partial charge in [-0.2, -0.15) is 0 Å².